The van der Waals surface area contributed by atoms with E-state index in [4.69, 9.17) is 16.3 Å². The zero-order valence-corrected chi connectivity index (χ0v) is 17.8. The van der Waals surface area contributed by atoms with Gasteiger partial charge in [-0.3, -0.25) is 9.69 Å². The molecule has 0 unspecified atom stereocenters. The molecular weight excluding hydrogens is 400 g/mol. The number of hydrogen-bond donors (Lipinski definition) is 0. The van der Waals surface area contributed by atoms with Gasteiger partial charge in [0, 0.05) is 38.9 Å². The van der Waals surface area contributed by atoms with E-state index < -0.39 is 0 Å². The van der Waals surface area contributed by atoms with Crippen molar-refractivity contribution in [3.63, 3.8) is 0 Å². The highest BCUT2D eigenvalue weighted by molar-refractivity contribution is 6.32. The molecule has 1 amide bonds. The second-order valence-corrected chi connectivity index (χ2v) is 7.91. The van der Waals surface area contributed by atoms with Crippen LogP contribution >= 0.6 is 11.6 Å². The van der Waals surface area contributed by atoms with E-state index in [1.54, 1.807) is 29.1 Å². The number of para-hydroxylation sites is 1. The summed E-state index contributed by atoms with van der Waals surface area (Å²) in [7, 11) is 0. The Bertz CT molecular complexity index is 994. The third-order valence-corrected chi connectivity index (χ3v) is 5.55. The average molecular weight is 425 g/mol. The molecule has 0 aliphatic carbocycles. The van der Waals surface area contributed by atoms with Gasteiger partial charge < -0.3 is 9.64 Å². The summed E-state index contributed by atoms with van der Waals surface area (Å²) >= 11 is 6.10. The van der Waals surface area contributed by atoms with Crippen LogP contribution < -0.4 is 4.74 Å². The van der Waals surface area contributed by atoms with Gasteiger partial charge in [-0.1, -0.05) is 53.6 Å². The van der Waals surface area contributed by atoms with Crippen molar-refractivity contribution in [1.29, 1.82) is 0 Å². The number of nitrogens with zero attached hydrogens (tertiary/aromatic N) is 4. The Morgan fingerprint density at radius 1 is 1.03 bits per heavy atom. The molecule has 1 aliphatic heterocycles. The third-order valence-electron chi connectivity index (χ3n) is 5.24. The fourth-order valence-electron chi connectivity index (χ4n) is 3.47. The smallest absolute Gasteiger partial charge is 0.274 e. The Labute approximate surface area is 181 Å². The highest BCUT2D eigenvalue weighted by Crippen LogP contribution is 2.23. The number of carbonyl (C=O) groups excluding carboxylic acids is 1. The zero-order valence-electron chi connectivity index (χ0n) is 17.0. The first-order valence-corrected chi connectivity index (χ1v) is 10.4. The van der Waals surface area contributed by atoms with Gasteiger partial charge in [0.15, 0.2) is 12.4 Å². The second-order valence-electron chi connectivity index (χ2n) is 7.50. The van der Waals surface area contributed by atoms with Gasteiger partial charge in [0.25, 0.3) is 5.91 Å². The van der Waals surface area contributed by atoms with Crippen molar-refractivity contribution in [2.75, 3.05) is 26.2 Å². The van der Waals surface area contributed by atoms with E-state index >= 15 is 0 Å². The Kier molecular flexibility index (Phi) is 6.35. The molecule has 0 radical (unpaired) electrons. The summed E-state index contributed by atoms with van der Waals surface area (Å²) < 4.78 is 7.28. The van der Waals surface area contributed by atoms with Gasteiger partial charge in [-0.2, -0.15) is 5.10 Å². The molecule has 0 saturated carbocycles. The Hall–Kier alpha value is -2.83. The highest BCUT2D eigenvalue weighted by atomic mass is 35.5. The van der Waals surface area contributed by atoms with Crippen LogP contribution in [-0.4, -0.2) is 51.7 Å². The first-order chi connectivity index (χ1) is 14.6. The van der Waals surface area contributed by atoms with Crippen molar-refractivity contribution in [2.45, 2.75) is 20.2 Å². The predicted octanol–water partition coefficient (Wildman–Crippen LogP) is 3.84. The van der Waals surface area contributed by atoms with E-state index in [1.807, 2.05) is 17.0 Å². The normalized spacial score (nSPS) is 14.7. The number of benzene rings is 2. The summed E-state index contributed by atoms with van der Waals surface area (Å²) in [6.45, 7) is 6.32. The third kappa shape index (κ3) is 5.01. The maximum absolute atomic E-state index is 12.8. The summed E-state index contributed by atoms with van der Waals surface area (Å²) in [5, 5.41) is 4.91. The van der Waals surface area contributed by atoms with E-state index in [0.29, 0.717) is 29.6 Å². The van der Waals surface area contributed by atoms with Crippen LogP contribution in [0, 0.1) is 6.92 Å². The van der Waals surface area contributed by atoms with Crippen LogP contribution in [0.4, 0.5) is 0 Å². The average Bonchev–Trinajstić information content (AvgIpc) is 3.24. The van der Waals surface area contributed by atoms with Crippen molar-refractivity contribution in [3.8, 4) is 5.75 Å². The van der Waals surface area contributed by atoms with Crippen LogP contribution in [0.2, 0.25) is 5.02 Å². The molecule has 156 valence electrons. The van der Waals surface area contributed by atoms with Gasteiger partial charge in [0.2, 0.25) is 0 Å². The van der Waals surface area contributed by atoms with Crippen LogP contribution in [-0.2, 0) is 13.3 Å². The molecule has 30 heavy (non-hydrogen) atoms. The maximum Gasteiger partial charge on any atom is 0.274 e. The van der Waals surface area contributed by atoms with Gasteiger partial charge in [-0.25, -0.2) is 4.68 Å². The van der Waals surface area contributed by atoms with Gasteiger partial charge in [-0.15, -0.1) is 0 Å². The highest BCUT2D eigenvalue weighted by Gasteiger charge is 2.23. The number of ether oxygens (including phenoxy) is 1. The molecule has 1 aromatic heterocycles. The van der Waals surface area contributed by atoms with Crippen molar-refractivity contribution < 1.29 is 9.53 Å². The van der Waals surface area contributed by atoms with Gasteiger partial charge in [0.1, 0.15) is 5.75 Å². The first kappa shape index (κ1) is 20.4. The maximum atomic E-state index is 12.8. The van der Waals surface area contributed by atoms with Crippen LogP contribution in [0.3, 0.4) is 0 Å². The summed E-state index contributed by atoms with van der Waals surface area (Å²) in [6, 6.07) is 17.6. The molecule has 0 bridgehead atoms. The lowest BCUT2D eigenvalue weighted by Gasteiger charge is -2.34. The summed E-state index contributed by atoms with van der Waals surface area (Å²) in [4.78, 5) is 17.1. The van der Waals surface area contributed by atoms with Crippen molar-refractivity contribution >= 4 is 17.5 Å². The summed E-state index contributed by atoms with van der Waals surface area (Å²) in [6.07, 6.45) is 1.75. The molecule has 6 nitrogen and oxygen atoms in total. The summed E-state index contributed by atoms with van der Waals surface area (Å²) in [5.41, 5.74) is 3.01. The summed E-state index contributed by atoms with van der Waals surface area (Å²) in [5.74, 6) is 0.550. The lowest BCUT2D eigenvalue weighted by Crippen LogP contribution is -2.48. The van der Waals surface area contributed by atoms with E-state index in [9.17, 15) is 4.79 Å². The molecule has 7 heteroatoms. The zero-order chi connectivity index (χ0) is 20.9. The molecule has 2 aromatic carbocycles. The monoisotopic (exact) mass is 424 g/mol. The Morgan fingerprint density at radius 2 is 1.77 bits per heavy atom. The molecule has 3 aromatic rings. The molecule has 2 heterocycles. The Balaban J connectivity index is 1.28. The lowest BCUT2D eigenvalue weighted by molar-refractivity contribution is 0.0621. The van der Waals surface area contributed by atoms with Gasteiger partial charge in [0.05, 0.1) is 5.02 Å². The first-order valence-electron chi connectivity index (χ1n) is 10.1. The fraction of sp³-hybridized carbons (Fsp3) is 0.304. The van der Waals surface area contributed by atoms with E-state index in [2.05, 4.69) is 41.2 Å². The molecule has 4 rings (SSSR count). The van der Waals surface area contributed by atoms with Gasteiger partial charge in [-0.05, 0) is 30.7 Å². The van der Waals surface area contributed by atoms with E-state index in [0.717, 1.165) is 19.6 Å². The molecule has 0 atom stereocenters. The molecule has 0 spiro atoms. The van der Waals surface area contributed by atoms with Crippen LogP contribution in [0.25, 0.3) is 0 Å². The van der Waals surface area contributed by atoms with Crippen molar-refractivity contribution in [2.24, 2.45) is 0 Å². The SMILES string of the molecule is Cc1ccc(CN2CCN(C(=O)c3ccn(COc4ccccc4Cl)n3)CC2)cc1. The fourth-order valence-corrected chi connectivity index (χ4v) is 3.66. The molecule has 1 aliphatic rings. The minimum Gasteiger partial charge on any atom is -0.470 e. The quantitative estimate of drug-likeness (QED) is 0.603. The van der Waals surface area contributed by atoms with Gasteiger partial charge >= 0.3 is 0 Å². The topological polar surface area (TPSA) is 50.6 Å². The van der Waals surface area contributed by atoms with Crippen molar-refractivity contribution in [1.82, 2.24) is 19.6 Å². The molecule has 0 N–H and O–H groups in total. The number of piperazine rings is 1. The molecular formula is C23H25ClN4O2. The standard InChI is InChI=1S/C23H25ClN4O2/c1-18-6-8-19(9-7-18)16-26-12-14-27(15-13-26)23(29)21-10-11-28(25-21)17-30-22-5-3-2-4-20(22)24/h2-11H,12-17H2,1H3. The van der Waals surface area contributed by atoms with E-state index in [-0.39, 0.29) is 12.6 Å². The molecule has 1 saturated heterocycles. The number of rotatable bonds is 6. The van der Waals surface area contributed by atoms with Crippen LogP contribution in [0.5, 0.6) is 5.75 Å². The number of halogens is 1. The lowest BCUT2D eigenvalue weighted by atomic mass is 10.1. The van der Waals surface area contributed by atoms with Crippen LogP contribution in [0.15, 0.2) is 60.8 Å². The van der Waals surface area contributed by atoms with Crippen LogP contribution in [0.1, 0.15) is 21.6 Å². The number of aryl methyl sites for hydroxylation is 1. The number of hydrogen-bond acceptors (Lipinski definition) is 4. The number of amides is 1. The minimum absolute atomic E-state index is 0.0403. The van der Waals surface area contributed by atoms with Crippen molar-refractivity contribution in [3.05, 3.63) is 82.6 Å². The molecule has 1 fully saturated rings. The number of carbonyl (C=O) groups is 1. The van der Waals surface area contributed by atoms with E-state index in [1.165, 1.54) is 11.1 Å². The Morgan fingerprint density at radius 3 is 2.50 bits per heavy atom. The second kappa shape index (κ2) is 9.32. The minimum atomic E-state index is -0.0403. The predicted molar refractivity (Wildman–Crippen MR) is 117 cm³/mol. The largest absolute Gasteiger partial charge is 0.470 e. The number of aromatic nitrogens is 2.